The second kappa shape index (κ2) is 7.15. The third-order valence-corrected chi connectivity index (χ3v) is 4.93. The van der Waals surface area contributed by atoms with Crippen LogP contribution in [0.5, 0.6) is 0 Å². The molecular formula is C19H24N4O2S. The molecule has 6 nitrogen and oxygen atoms in total. The van der Waals surface area contributed by atoms with Gasteiger partial charge in [-0.3, -0.25) is 4.79 Å². The summed E-state index contributed by atoms with van der Waals surface area (Å²) in [6.07, 6.45) is 1.64. The summed E-state index contributed by atoms with van der Waals surface area (Å²) in [6.45, 7) is 10.2. The van der Waals surface area contributed by atoms with E-state index in [0.29, 0.717) is 36.1 Å². The lowest BCUT2D eigenvalue weighted by Crippen LogP contribution is -2.13. The van der Waals surface area contributed by atoms with Crippen molar-refractivity contribution in [3.8, 4) is 0 Å². The Balaban J connectivity index is 1.54. The molecule has 2 heterocycles. The minimum absolute atomic E-state index is 0.0472. The Kier molecular flexibility index (Phi) is 5.09. The molecule has 1 N–H and O–H groups in total. The molecule has 0 aliphatic heterocycles. The van der Waals surface area contributed by atoms with E-state index >= 15 is 0 Å². The zero-order valence-corrected chi connectivity index (χ0v) is 16.7. The topological polar surface area (TPSA) is 80.9 Å². The first kappa shape index (κ1) is 18.5. The Labute approximate surface area is 157 Å². The molecule has 2 aromatic heterocycles. The highest BCUT2D eigenvalue weighted by molar-refractivity contribution is 7.22. The molecule has 0 unspecified atom stereocenters. The first-order valence-electron chi connectivity index (χ1n) is 8.73. The predicted octanol–water partition coefficient (Wildman–Crippen LogP) is 4.56. The number of fused-ring (bicyclic) bond motifs is 1. The van der Waals surface area contributed by atoms with Gasteiger partial charge in [0.05, 0.1) is 10.2 Å². The summed E-state index contributed by atoms with van der Waals surface area (Å²) >= 11 is 1.51. The van der Waals surface area contributed by atoms with E-state index in [0.717, 1.165) is 15.8 Å². The third kappa shape index (κ3) is 4.27. The van der Waals surface area contributed by atoms with Crippen LogP contribution in [-0.2, 0) is 16.6 Å². The number of carbonyl (C=O) groups excluding carboxylic acids is 1. The van der Waals surface area contributed by atoms with E-state index < -0.39 is 0 Å². The minimum Gasteiger partial charge on any atom is -0.339 e. The molecule has 0 atom stereocenters. The van der Waals surface area contributed by atoms with Crippen LogP contribution in [0.25, 0.3) is 10.2 Å². The van der Waals surface area contributed by atoms with Crippen molar-refractivity contribution in [2.75, 3.05) is 5.32 Å². The zero-order valence-electron chi connectivity index (χ0n) is 15.8. The van der Waals surface area contributed by atoms with Gasteiger partial charge in [0.2, 0.25) is 11.8 Å². The quantitative estimate of drug-likeness (QED) is 0.710. The first-order chi connectivity index (χ1) is 12.2. The van der Waals surface area contributed by atoms with Crippen LogP contribution in [0.4, 0.5) is 5.13 Å². The van der Waals surface area contributed by atoms with Gasteiger partial charge >= 0.3 is 0 Å². The predicted molar refractivity (Wildman–Crippen MR) is 104 cm³/mol. The van der Waals surface area contributed by atoms with E-state index in [1.54, 1.807) is 0 Å². The smallest absolute Gasteiger partial charge is 0.226 e. The Morgan fingerprint density at radius 1 is 1.23 bits per heavy atom. The molecule has 1 aromatic carbocycles. The van der Waals surface area contributed by atoms with Gasteiger partial charge in [0.15, 0.2) is 11.0 Å². The summed E-state index contributed by atoms with van der Waals surface area (Å²) in [5.74, 6) is 1.22. The van der Waals surface area contributed by atoms with E-state index in [4.69, 9.17) is 4.52 Å². The van der Waals surface area contributed by atoms with Gasteiger partial charge in [-0.05, 0) is 37.5 Å². The minimum atomic E-state index is -0.136. The second-order valence-corrected chi connectivity index (χ2v) is 8.64. The maximum atomic E-state index is 12.2. The fourth-order valence-corrected chi connectivity index (χ4v) is 3.73. The maximum Gasteiger partial charge on any atom is 0.226 e. The Morgan fingerprint density at radius 2 is 2.00 bits per heavy atom. The van der Waals surface area contributed by atoms with Crippen molar-refractivity contribution < 1.29 is 9.32 Å². The number of aromatic nitrogens is 3. The van der Waals surface area contributed by atoms with Gasteiger partial charge in [-0.25, -0.2) is 4.98 Å². The lowest BCUT2D eigenvalue weighted by atomic mass is 9.96. The molecule has 1 amide bonds. The van der Waals surface area contributed by atoms with Crippen molar-refractivity contribution in [3.63, 3.8) is 0 Å². The maximum absolute atomic E-state index is 12.2. The monoisotopic (exact) mass is 372 g/mol. The number of aryl methyl sites for hydroxylation is 3. The number of anilines is 1. The van der Waals surface area contributed by atoms with Crippen LogP contribution in [0.2, 0.25) is 0 Å². The fraction of sp³-hybridized carbons (Fsp3) is 0.474. The van der Waals surface area contributed by atoms with Crippen molar-refractivity contribution >= 4 is 32.6 Å². The number of rotatable bonds is 5. The van der Waals surface area contributed by atoms with Crippen LogP contribution < -0.4 is 5.32 Å². The van der Waals surface area contributed by atoms with Crippen LogP contribution in [0.15, 0.2) is 16.7 Å². The Hall–Kier alpha value is -2.28. The van der Waals surface area contributed by atoms with Crippen LogP contribution in [0, 0.1) is 13.8 Å². The molecule has 3 aromatic rings. The lowest BCUT2D eigenvalue weighted by molar-refractivity contribution is -0.116. The number of nitrogens with zero attached hydrogens (tertiary/aromatic N) is 3. The highest BCUT2D eigenvalue weighted by Crippen LogP contribution is 2.29. The number of benzene rings is 1. The van der Waals surface area contributed by atoms with Crippen molar-refractivity contribution in [1.82, 2.24) is 15.1 Å². The summed E-state index contributed by atoms with van der Waals surface area (Å²) in [4.78, 5) is 21.1. The number of carbonyl (C=O) groups is 1. The average molecular weight is 372 g/mol. The molecule has 0 saturated heterocycles. The van der Waals surface area contributed by atoms with Crippen LogP contribution in [-0.4, -0.2) is 21.0 Å². The second-order valence-electron chi connectivity index (χ2n) is 7.61. The summed E-state index contributed by atoms with van der Waals surface area (Å²) < 4.78 is 6.35. The molecule has 0 fully saturated rings. The number of thiazole rings is 1. The molecule has 0 aliphatic rings. The number of amides is 1. The lowest BCUT2D eigenvalue weighted by Gasteiger charge is -2.10. The van der Waals surface area contributed by atoms with Crippen LogP contribution >= 0.6 is 11.3 Å². The number of hydrogen-bond acceptors (Lipinski definition) is 6. The molecule has 0 aliphatic carbocycles. The van der Waals surface area contributed by atoms with Gasteiger partial charge in [-0.1, -0.05) is 43.3 Å². The van der Waals surface area contributed by atoms with Crippen LogP contribution in [0.3, 0.4) is 0 Å². The number of hydrogen-bond donors (Lipinski definition) is 1. The summed E-state index contributed by atoms with van der Waals surface area (Å²) in [6, 6.07) is 4.20. The van der Waals surface area contributed by atoms with Gasteiger partial charge in [-0.2, -0.15) is 4.98 Å². The summed E-state index contributed by atoms with van der Waals surface area (Å²) in [5.41, 5.74) is 3.15. The zero-order chi connectivity index (χ0) is 18.9. The standard InChI is InChI=1S/C19H24N4O2S/c1-11-9-12(2)16-13(10-11)26-18(22-16)20-14(24)7-6-8-15-21-17(23-25-15)19(3,4)5/h9-10H,6-8H2,1-5H3,(H,20,22,24). The van der Waals surface area contributed by atoms with E-state index in [1.165, 1.54) is 16.9 Å². The molecule has 26 heavy (non-hydrogen) atoms. The molecular weight excluding hydrogens is 348 g/mol. The fourth-order valence-electron chi connectivity index (χ4n) is 2.67. The Morgan fingerprint density at radius 3 is 2.69 bits per heavy atom. The average Bonchev–Trinajstić information content (AvgIpc) is 3.13. The third-order valence-electron chi connectivity index (χ3n) is 4.01. The van der Waals surface area contributed by atoms with Crippen LogP contribution in [0.1, 0.15) is 56.5 Å². The molecule has 0 bridgehead atoms. The normalized spacial score (nSPS) is 11.9. The Bertz CT molecular complexity index is 937. The van der Waals surface area contributed by atoms with E-state index in [2.05, 4.69) is 39.5 Å². The van der Waals surface area contributed by atoms with E-state index in [9.17, 15) is 4.79 Å². The largest absolute Gasteiger partial charge is 0.339 e. The van der Waals surface area contributed by atoms with Gasteiger partial charge in [0.25, 0.3) is 0 Å². The SMILES string of the molecule is Cc1cc(C)c2nc(NC(=O)CCCc3nc(C(C)(C)C)no3)sc2c1. The van der Waals surface area contributed by atoms with Crippen molar-refractivity contribution in [1.29, 1.82) is 0 Å². The molecule has 0 saturated carbocycles. The van der Waals surface area contributed by atoms with Gasteiger partial charge in [0.1, 0.15) is 0 Å². The number of nitrogens with one attached hydrogen (secondary N) is 1. The molecule has 0 radical (unpaired) electrons. The highest BCUT2D eigenvalue weighted by atomic mass is 32.1. The van der Waals surface area contributed by atoms with Crippen molar-refractivity contribution in [3.05, 3.63) is 35.0 Å². The summed E-state index contributed by atoms with van der Waals surface area (Å²) in [5, 5.41) is 7.54. The van der Waals surface area contributed by atoms with E-state index in [-0.39, 0.29) is 11.3 Å². The molecule has 7 heteroatoms. The molecule has 3 rings (SSSR count). The highest BCUT2D eigenvalue weighted by Gasteiger charge is 2.20. The van der Waals surface area contributed by atoms with E-state index in [1.807, 2.05) is 27.7 Å². The molecule has 0 spiro atoms. The van der Waals surface area contributed by atoms with Gasteiger partial charge < -0.3 is 9.84 Å². The van der Waals surface area contributed by atoms with Crippen molar-refractivity contribution in [2.24, 2.45) is 0 Å². The first-order valence-corrected chi connectivity index (χ1v) is 9.55. The van der Waals surface area contributed by atoms with Gasteiger partial charge in [-0.15, -0.1) is 0 Å². The summed E-state index contributed by atoms with van der Waals surface area (Å²) in [7, 11) is 0. The van der Waals surface area contributed by atoms with Crippen molar-refractivity contribution in [2.45, 2.75) is 59.3 Å². The van der Waals surface area contributed by atoms with Gasteiger partial charge in [0, 0.05) is 18.3 Å². The molecule has 138 valence electrons.